The molecule has 0 heterocycles. The Balaban J connectivity index is -0.000000231. The lowest BCUT2D eigenvalue weighted by Gasteiger charge is -2.04. The molecule has 0 aromatic heterocycles. The molecule has 0 saturated heterocycles. The molecule has 0 N–H and O–H groups in total. The Morgan fingerprint density at radius 3 is 0.357 bits per heavy atom. The van der Waals surface area contributed by atoms with Crippen molar-refractivity contribution in [3.63, 3.8) is 0 Å². The molecule has 0 radical (unpaired) electrons. The molecule has 14 nitrogen and oxygen atoms in total. The Kier molecular flexibility index (Phi) is 64.8. The first-order valence-corrected chi connectivity index (χ1v) is 14.0. The Morgan fingerprint density at radius 2 is 0.262 bits per heavy atom. The van der Waals surface area contributed by atoms with Gasteiger partial charge < -0.3 is 66.3 Å². The van der Waals surface area contributed by atoms with Crippen molar-refractivity contribution in [1.29, 1.82) is 0 Å². The number of methoxy groups -OCH3 is 8. The van der Waals surface area contributed by atoms with Crippen LogP contribution in [-0.2, 0) is 66.3 Å². The summed E-state index contributed by atoms with van der Waals surface area (Å²) in [6, 6.07) is 0. The number of ether oxygens (including phenoxy) is 14. The van der Waals surface area contributed by atoms with E-state index in [0.717, 1.165) is 0 Å². The SMILES string of the molecule is COCCOCCOC.COCCOCCOC.COCCOCCOCCOC.COCCOCCOCCOC. The van der Waals surface area contributed by atoms with E-state index >= 15 is 0 Å². The van der Waals surface area contributed by atoms with E-state index in [1.54, 1.807) is 56.9 Å². The van der Waals surface area contributed by atoms with Crippen molar-refractivity contribution in [3.05, 3.63) is 0 Å². The Labute approximate surface area is 255 Å². The van der Waals surface area contributed by atoms with Gasteiger partial charge in [-0.05, 0) is 0 Å². The van der Waals surface area contributed by atoms with E-state index in [4.69, 9.17) is 66.3 Å². The maximum absolute atomic E-state index is 5.16. The molecule has 14 heteroatoms. The summed E-state index contributed by atoms with van der Waals surface area (Å²) in [6.45, 7) is 12.8. The molecule has 0 spiro atoms. The molecule has 0 aliphatic carbocycles. The summed E-state index contributed by atoms with van der Waals surface area (Å²) in [5.41, 5.74) is 0. The van der Waals surface area contributed by atoms with Gasteiger partial charge in [-0.3, -0.25) is 0 Å². The van der Waals surface area contributed by atoms with Gasteiger partial charge in [0.1, 0.15) is 0 Å². The first-order valence-electron chi connectivity index (χ1n) is 14.0. The molecule has 0 amide bonds. The average Bonchev–Trinajstić information content (AvgIpc) is 3.01. The minimum atomic E-state index is 0.618. The lowest BCUT2D eigenvalue weighted by molar-refractivity contribution is 0.0106. The van der Waals surface area contributed by atoms with Crippen LogP contribution in [0.3, 0.4) is 0 Å². The van der Waals surface area contributed by atoms with Crippen molar-refractivity contribution in [2.45, 2.75) is 0 Å². The predicted molar refractivity (Wildman–Crippen MR) is 160 cm³/mol. The highest BCUT2D eigenvalue weighted by Gasteiger charge is 1.90. The van der Waals surface area contributed by atoms with E-state index in [2.05, 4.69) is 0 Å². The van der Waals surface area contributed by atoms with Crippen molar-refractivity contribution in [3.8, 4) is 0 Å². The minimum Gasteiger partial charge on any atom is -0.382 e. The molecule has 0 unspecified atom stereocenters. The first kappa shape index (κ1) is 48.3. The monoisotopic (exact) mass is 624 g/mol. The van der Waals surface area contributed by atoms with Crippen LogP contribution >= 0.6 is 0 Å². The van der Waals surface area contributed by atoms with E-state index in [1.165, 1.54) is 0 Å². The normalized spacial score (nSPS) is 10.3. The Hall–Kier alpha value is -0.560. The van der Waals surface area contributed by atoms with E-state index in [0.29, 0.717) is 132 Å². The summed E-state index contributed by atoms with van der Waals surface area (Å²) in [5, 5.41) is 0. The third kappa shape index (κ3) is 67.2. The third-order valence-corrected chi connectivity index (χ3v) is 4.20. The van der Waals surface area contributed by atoms with E-state index in [-0.39, 0.29) is 0 Å². The zero-order chi connectivity index (χ0) is 32.0. The fourth-order valence-corrected chi connectivity index (χ4v) is 1.99. The molecule has 260 valence electrons. The summed E-state index contributed by atoms with van der Waals surface area (Å²) in [6.07, 6.45) is 0. The van der Waals surface area contributed by atoms with Gasteiger partial charge in [0.15, 0.2) is 0 Å². The molecular weight excluding hydrogens is 560 g/mol. The van der Waals surface area contributed by atoms with Gasteiger partial charge in [0.25, 0.3) is 0 Å². The number of rotatable bonds is 30. The van der Waals surface area contributed by atoms with Crippen LogP contribution in [0, 0.1) is 0 Å². The topological polar surface area (TPSA) is 129 Å². The fraction of sp³-hybridized carbons (Fsp3) is 1.00. The van der Waals surface area contributed by atoms with Gasteiger partial charge in [0.2, 0.25) is 0 Å². The standard InChI is InChI=1S/2C8H18O4.2C6H14O3/c2*1-9-3-5-11-7-8-12-6-4-10-2;2*1-7-3-5-9-6-4-8-2/h2*3-8H2,1-2H3;2*3-6H2,1-2H3. The third-order valence-electron chi connectivity index (χ3n) is 4.20. The van der Waals surface area contributed by atoms with Crippen LogP contribution in [-0.4, -0.2) is 189 Å². The second kappa shape index (κ2) is 56.3. The van der Waals surface area contributed by atoms with Crippen LogP contribution in [0.4, 0.5) is 0 Å². The molecular formula is C28H64O14. The van der Waals surface area contributed by atoms with Gasteiger partial charge in [-0.15, -0.1) is 0 Å². The molecule has 0 aliphatic rings. The predicted octanol–water partition coefficient (Wildman–Crippen LogP) is 1.22. The molecule has 0 aromatic carbocycles. The number of hydrogen-bond acceptors (Lipinski definition) is 14. The van der Waals surface area contributed by atoms with Crippen molar-refractivity contribution in [2.75, 3.05) is 189 Å². The van der Waals surface area contributed by atoms with Crippen LogP contribution < -0.4 is 0 Å². The molecule has 0 aromatic rings. The maximum atomic E-state index is 5.16. The second-order valence-electron chi connectivity index (χ2n) is 7.62. The Bertz CT molecular complexity index is 319. The minimum absolute atomic E-state index is 0.618. The van der Waals surface area contributed by atoms with Crippen molar-refractivity contribution < 1.29 is 66.3 Å². The second-order valence-corrected chi connectivity index (χ2v) is 7.62. The van der Waals surface area contributed by atoms with Gasteiger partial charge in [-0.25, -0.2) is 0 Å². The molecule has 0 aliphatic heterocycles. The highest BCUT2D eigenvalue weighted by atomic mass is 16.6. The highest BCUT2D eigenvalue weighted by Crippen LogP contribution is 1.81. The fourth-order valence-electron chi connectivity index (χ4n) is 1.99. The smallest absolute Gasteiger partial charge is 0.0701 e. The lowest BCUT2D eigenvalue weighted by atomic mass is 10.7. The molecule has 42 heavy (non-hydrogen) atoms. The van der Waals surface area contributed by atoms with Gasteiger partial charge in [0, 0.05) is 56.9 Å². The van der Waals surface area contributed by atoms with Gasteiger partial charge in [0.05, 0.1) is 132 Å². The van der Waals surface area contributed by atoms with Crippen molar-refractivity contribution in [1.82, 2.24) is 0 Å². The van der Waals surface area contributed by atoms with Crippen LogP contribution in [0.25, 0.3) is 0 Å². The van der Waals surface area contributed by atoms with E-state index in [1.807, 2.05) is 0 Å². The summed E-state index contributed by atoms with van der Waals surface area (Å²) in [5.74, 6) is 0. The van der Waals surface area contributed by atoms with E-state index in [9.17, 15) is 0 Å². The zero-order valence-electron chi connectivity index (χ0n) is 27.9. The molecule has 0 bridgehead atoms. The summed E-state index contributed by atoms with van der Waals surface area (Å²) < 4.78 is 69.0. The van der Waals surface area contributed by atoms with E-state index < -0.39 is 0 Å². The lowest BCUT2D eigenvalue weighted by Crippen LogP contribution is -2.10. The van der Waals surface area contributed by atoms with Gasteiger partial charge in [-0.2, -0.15) is 0 Å². The molecule has 0 fully saturated rings. The summed E-state index contributed by atoms with van der Waals surface area (Å²) in [4.78, 5) is 0. The van der Waals surface area contributed by atoms with Crippen LogP contribution in [0.15, 0.2) is 0 Å². The first-order chi connectivity index (χ1) is 20.7. The zero-order valence-corrected chi connectivity index (χ0v) is 27.9. The largest absolute Gasteiger partial charge is 0.382 e. The quantitative estimate of drug-likeness (QED) is 0.106. The van der Waals surface area contributed by atoms with Crippen LogP contribution in [0.1, 0.15) is 0 Å². The molecule has 0 saturated carbocycles. The average molecular weight is 625 g/mol. The van der Waals surface area contributed by atoms with Gasteiger partial charge >= 0.3 is 0 Å². The number of hydrogen-bond donors (Lipinski definition) is 0. The summed E-state index contributed by atoms with van der Waals surface area (Å²) >= 11 is 0. The van der Waals surface area contributed by atoms with Gasteiger partial charge in [-0.1, -0.05) is 0 Å². The summed E-state index contributed by atoms with van der Waals surface area (Å²) in [7, 11) is 13.2. The Morgan fingerprint density at radius 1 is 0.167 bits per heavy atom. The van der Waals surface area contributed by atoms with Crippen LogP contribution in [0.5, 0.6) is 0 Å². The highest BCUT2D eigenvalue weighted by molar-refractivity contribution is 4.33. The van der Waals surface area contributed by atoms with Crippen molar-refractivity contribution >= 4 is 0 Å². The molecule has 0 atom stereocenters. The molecule has 0 rings (SSSR count). The maximum Gasteiger partial charge on any atom is 0.0701 e. The van der Waals surface area contributed by atoms with Crippen LogP contribution in [0.2, 0.25) is 0 Å². The van der Waals surface area contributed by atoms with Crippen molar-refractivity contribution in [2.24, 2.45) is 0 Å².